The number of aryl methyl sites for hydroxylation is 1. The van der Waals surface area contributed by atoms with Gasteiger partial charge in [0.15, 0.2) is 3.57 Å². The van der Waals surface area contributed by atoms with Crippen LogP contribution in [0.25, 0.3) is 0 Å². The van der Waals surface area contributed by atoms with Gasteiger partial charge in [-0.1, -0.05) is 17.7 Å². The van der Waals surface area contributed by atoms with E-state index in [0.717, 1.165) is 12.1 Å². The molecule has 0 aliphatic heterocycles. The van der Waals surface area contributed by atoms with Crippen LogP contribution in [0.3, 0.4) is 0 Å². The number of hydrogen-bond donors (Lipinski definition) is 0. The molecule has 0 amide bonds. The Bertz CT molecular complexity index is 604. The van der Waals surface area contributed by atoms with Crippen molar-refractivity contribution >= 4 is 10.1 Å². The highest BCUT2D eigenvalue weighted by Gasteiger charge is 2.81. The van der Waals surface area contributed by atoms with Crippen LogP contribution in [0.5, 0.6) is 0 Å². The third-order valence-electron chi connectivity index (χ3n) is 1.95. The summed E-state index contributed by atoms with van der Waals surface area (Å²) in [5, 5.41) is 0. The normalized spacial score (nSPS) is 13.3. The van der Waals surface area contributed by atoms with E-state index >= 15 is 0 Å². The van der Waals surface area contributed by atoms with E-state index in [1.54, 1.807) is 6.92 Å². The average Bonchev–Trinajstić information content (AvgIpc) is 2.28. The summed E-state index contributed by atoms with van der Waals surface area (Å²) in [4.78, 5) is 0. The molecular weight excluding hydrogens is 472 g/mol. The number of hydrogen-bond acceptors (Lipinski definition) is 3. The van der Waals surface area contributed by atoms with Crippen molar-refractivity contribution in [2.75, 3.05) is 6.26 Å². The highest BCUT2D eigenvalue weighted by atomic mass is 127. The molecule has 0 N–H and O–H groups in total. The summed E-state index contributed by atoms with van der Waals surface area (Å²) in [5.41, 5.74) is 0.702. The van der Waals surface area contributed by atoms with Gasteiger partial charge in [-0.15, -0.1) is 8.78 Å². The van der Waals surface area contributed by atoms with E-state index in [4.69, 9.17) is 13.0 Å². The molecule has 3 nitrogen and oxygen atoms in total. The second kappa shape index (κ2) is 7.51. The van der Waals surface area contributed by atoms with E-state index < -0.39 is 47.4 Å². The second-order valence-corrected chi connectivity index (χ2v) is 8.71. The monoisotopic (exact) mass is 482 g/mol. The van der Waals surface area contributed by atoms with Gasteiger partial charge in [0.05, 0.1) is 10.1 Å². The zero-order valence-corrected chi connectivity index (χ0v) is 14.4. The molecule has 23 heavy (non-hydrogen) atoms. The van der Waals surface area contributed by atoms with Gasteiger partial charge in [-0.05, 0) is 19.1 Å². The van der Waals surface area contributed by atoms with Gasteiger partial charge in [-0.2, -0.15) is 22.0 Å². The molecule has 1 aromatic rings. The lowest BCUT2D eigenvalue weighted by atomic mass is 10.2. The smallest absolute Gasteiger partial charge is 0.520 e. The molecule has 0 fully saturated rings. The molecule has 1 aromatic carbocycles. The molecule has 0 unspecified atom stereocenters. The Kier molecular flexibility index (Phi) is 7.30. The van der Waals surface area contributed by atoms with Crippen molar-refractivity contribution in [2.24, 2.45) is 0 Å². The van der Waals surface area contributed by atoms with E-state index in [2.05, 4.69) is 0 Å². The molecule has 0 saturated heterocycles. The van der Waals surface area contributed by atoms with Crippen LogP contribution in [-0.4, -0.2) is 35.3 Å². The van der Waals surface area contributed by atoms with E-state index in [-0.39, 0.29) is 3.57 Å². The maximum absolute atomic E-state index is 13.1. The number of alkyl halides is 8. The molecular formula is C11H10F7IO3S. The van der Waals surface area contributed by atoms with Crippen LogP contribution in [0.4, 0.5) is 30.7 Å². The maximum atomic E-state index is 13.1. The average molecular weight is 482 g/mol. The number of halogens is 8. The molecule has 0 bridgehead atoms. The Morgan fingerprint density at radius 1 is 0.957 bits per heavy atom. The summed E-state index contributed by atoms with van der Waals surface area (Å²) in [6.45, 7) is 1.64. The van der Waals surface area contributed by atoms with Gasteiger partial charge < -0.3 is 4.55 Å². The molecule has 0 aliphatic rings. The van der Waals surface area contributed by atoms with Crippen LogP contribution < -0.4 is 21.2 Å². The second-order valence-electron chi connectivity index (χ2n) is 4.16. The van der Waals surface area contributed by atoms with Gasteiger partial charge in [-0.25, -0.2) is 8.42 Å². The molecule has 0 aromatic heterocycles. The minimum Gasteiger partial charge on any atom is -0.748 e. The first-order valence-corrected chi connectivity index (χ1v) is 9.40. The summed E-state index contributed by atoms with van der Waals surface area (Å²) in [6, 6.07) is 5.06. The lowest BCUT2D eigenvalue weighted by Crippen LogP contribution is -3.68. The molecule has 134 valence electrons. The number of rotatable bonds is 3. The molecule has 12 heteroatoms. The van der Waals surface area contributed by atoms with Crippen LogP contribution >= 0.6 is 0 Å². The molecule has 1 rings (SSSR count). The van der Waals surface area contributed by atoms with Crippen molar-refractivity contribution in [2.45, 2.75) is 23.0 Å². The highest BCUT2D eigenvalue weighted by molar-refractivity contribution is 7.84. The van der Waals surface area contributed by atoms with Crippen LogP contribution in [0.2, 0.25) is 0 Å². The Morgan fingerprint density at radius 2 is 1.30 bits per heavy atom. The Balaban J connectivity index is 0.000000841. The molecule has 0 saturated carbocycles. The van der Waals surface area contributed by atoms with Gasteiger partial charge in [0, 0.05) is 6.26 Å². The van der Waals surface area contributed by atoms with E-state index in [1.165, 1.54) is 12.1 Å². The van der Waals surface area contributed by atoms with E-state index in [1.807, 2.05) is 0 Å². The van der Waals surface area contributed by atoms with Crippen LogP contribution in [-0.2, 0) is 10.1 Å². The number of benzene rings is 1. The van der Waals surface area contributed by atoms with Crippen molar-refractivity contribution in [3.05, 3.63) is 33.4 Å². The third kappa shape index (κ3) is 7.65. The molecule has 0 atom stereocenters. The topological polar surface area (TPSA) is 57.2 Å². The molecule has 0 spiro atoms. The molecule has 0 aliphatic carbocycles. The van der Waals surface area contributed by atoms with Crippen LogP contribution in [0, 0.1) is 10.5 Å². The van der Waals surface area contributed by atoms with E-state index in [0.29, 0.717) is 11.8 Å². The fourth-order valence-corrected chi connectivity index (χ4v) is 3.10. The Morgan fingerprint density at radius 3 is 1.61 bits per heavy atom. The lowest BCUT2D eigenvalue weighted by molar-refractivity contribution is -0.790. The van der Waals surface area contributed by atoms with Crippen molar-refractivity contribution in [3.63, 3.8) is 0 Å². The van der Waals surface area contributed by atoms with Crippen molar-refractivity contribution in [3.8, 4) is 0 Å². The first-order valence-electron chi connectivity index (χ1n) is 5.43. The van der Waals surface area contributed by atoms with E-state index in [9.17, 15) is 30.7 Å². The summed E-state index contributed by atoms with van der Waals surface area (Å²) in [6.07, 6.45) is -5.64. The minimum absolute atomic E-state index is 0.173. The Labute approximate surface area is 137 Å². The highest BCUT2D eigenvalue weighted by Crippen LogP contribution is 2.42. The zero-order valence-electron chi connectivity index (χ0n) is 11.5. The first kappa shape index (κ1) is 22.4. The van der Waals surface area contributed by atoms with Crippen LogP contribution in [0.1, 0.15) is 5.56 Å². The fourth-order valence-electron chi connectivity index (χ4n) is 0.953. The van der Waals surface area contributed by atoms with Gasteiger partial charge in [0.2, 0.25) is 0 Å². The van der Waals surface area contributed by atoms with Crippen LogP contribution in [0.15, 0.2) is 24.3 Å². The predicted molar refractivity (Wildman–Crippen MR) is 61.4 cm³/mol. The van der Waals surface area contributed by atoms with Gasteiger partial charge in [0.1, 0.15) is 0 Å². The van der Waals surface area contributed by atoms with Gasteiger partial charge >= 0.3 is 37.2 Å². The zero-order chi connectivity index (χ0) is 18.7. The molecule has 0 heterocycles. The summed E-state index contributed by atoms with van der Waals surface area (Å²) in [7, 11) is -3.92. The first-order chi connectivity index (χ1) is 9.97. The minimum atomic E-state index is -6.25. The van der Waals surface area contributed by atoms with Gasteiger partial charge in [0.25, 0.3) is 0 Å². The summed E-state index contributed by atoms with van der Waals surface area (Å²) < 4.78 is 109. The predicted octanol–water partition coefficient (Wildman–Crippen LogP) is 0.205. The SMILES string of the molecule is CS(=O)(=O)[O-].Cc1ccc([I+]C(F)(F)C(F)(F)C(F)(F)F)cc1. The quantitative estimate of drug-likeness (QED) is 0.268. The summed E-state index contributed by atoms with van der Waals surface area (Å²) >= 11 is -2.79. The van der Waals surface area contributed by atoms with Crippen molar-refractivity contribution in [1.82, 2.24) is 0 Å². The van der Waals surface area contributed by atoms with Crippen molar-refractivity contribution in [1.29, 1.82) is 0 Å². The fraction of sp³-hybridized carbons (Fsp3) is 0.455. The third-order valence-corrected chi connectivity index (χ3v) is 4.65. The maximum Gasteiger partial charge on any atom is 0.520 e. The summed E-state index contributed by atoms with van der Waals surface area (Å²) in [5.74, 6) is -6.00. The largest absolute Gasteiger partial charge is 0.748 e. The Hall–Kier alpha value is -0.630. The lowest BCUT2D eigenvalue weighted by Gasteiger charge is -2.19. The van der Waals surface area contributed by atoms with Gasteiger partial charge in [-0.3, -0.25) is 0 Å². The standard InChI is InChI=1S/C10H7F7I.CH4O3S/c1-6-2-4-7(5-3-6)18-10(16,17)8(11,12)9(13,14)15;1-5(2,3)4/h2-5H,1H3;1H3,(H,2,3,4)/q+1;/p-1. The van der Waals surface area contributed by atoms with Crippen molar-refractivity contribution < 1.29 is 64.9 Å². The molecule has 0 radical (unpaired) electrons.